The average Bonchev–Trinajstić information content (AvgIpc) is 2.42. The monoisotopic (exact) mass is 268 g/mol. The summed E-state index contributed by atoms with van der Waals surface area (Å²) in [6.07, 6.45) is 2.87. The van der Waals surface area contributed by atoms with Crippen molar-refractivity contribution in [3.8, 4) is 0 Å². The van der Waals surface area contributed by atoms with Crippen LogP contribution in [0.3, 0.4) is 0 Å². The van der Waals surface area contributed by atoms with Gasteiger partial charge < -0.3 is 15.3 Å². The van der Waals surface area contributed by atoms with Crippen molar-refractivity contribution in [2.45, 2.75) is 19.8 Å². The molecule has 0 unspecified atom stereocenters. The van der Waals surface area contributed by atoms with E-state index in [1.54, 1.807) is 30.3 Å². The van der Waals surface area contributed by atoms with E-state index < -0.39 is 11.9 Å². The SMILES string of the molecule is C=CC(=O)O.CCCCO.O=C(O)c1ccccc1. The van der Waals surface area contributed by atoms with Crippen LogP contribution >= 0.6 is 0 Å². The average molecular weight is 268 g/mol. The van der Waals surface area contributed by atoms with E-state index in [0.717, 1.165) is 18.9 Å². The molecule has 5 nitrogen and oxygen atoms in total. The van der Waals surface area contributed by atoms with Crippen LogP contribution < -0.4 is 0 Å². The minimum absolute atomic E-state index is 0.331. The number of benzene rings is 1. The van der Waals surface area contributed by atoms with Gasteiger partial charge in [-0.05, 0) is 18.6 Å². The lowest BCUT2D eigenvalue weighted by atomic mass is 10.2. The highest BCUT2D eigenvalue weighted by Crippen LogP contribution is 1.96. The molecule has 0 saturated heterocycles. The van der Waals surface area contributed by atoms with Gasteiger partial charge in [0.2, 0.25) is 0 Å². The number of rotatable bonds is 4. The number of aromatic carboxylic acids is 1. The van der Waals surface area contributed by atoms with Crippen molar-refractivity contribution in [3.05, 3.63) is 48.6 Å². The van der Waals surface area contributed by atoms with Crippen molar-refractivity contribution in [2.75, 3.05) is 6.61 Å². The number of aliphatic carboxylic acids is 1. The zero-order valence-corrected chi connectivity index (χ0v) is 11.0. The highest BCUT2D eigenvalue weighted by atomic mass is 16.4. The number of hydrogen-bond acceptors (Lipinski definition) is 3. The van der Waals surface area contributed by atoms with E-state index in [1.165, 1.54) is 0 Å². The van der Waals surface area contributed by atoms with Gasteiger partial charge in [-0.1, -0.05) is 38.1 Å². The molecule has 106 valence electrons. The largest absolute Gasteiger partial charge is 0.478 e. The van der Waals surface area contributed by atoms with Gasteiger partial charge in [0, 0.05) is 12.7 Å². The number of carbonyl (C=O) groups is 2. The van der Waals surface area contributed by atoms with Crippen LogP contribution in [-0.4, -0.2) is 33.9 Å². The lowest BCUT2D eigenvalue weighted by Crippen LogP contribution is -1.93. The Hall–Kier alpha value is -2.14. The van der Waals surface area contributed by atoms with Gasteiger partial charge in [0.1, 0.15) is 0 Å². The Bertz CT molecular complexity index is 357. The Kier molecular flexibility index (Phi) is 14.1. The molecule has 0 aliphatic rings. The molecule has 1 aromatic carbocycles. The van der Waals surface area contributed by atoms with Crippen molar-refractivity contribution in [1.82, 2.24) is 0 Å². The van der Waals surface area contributed by atoms with Crippen LogP contribution in [0.2, 0.25) is 0 Å². The molecule has 0 heterocycles. The maximum atomic E-state index is 10.2. The molecule has 0 atom stereocenters. The molecule has 0 saturated carbocycles. The van der Waals surface area contributed by atoms with E-state index in [-0.39, 0.29) is 0 Å². The van der Waals surface area contributed by atoms with Gasteiger partial charge in [-0.15, -0.1) is 0 Å². The molecule has 0 amide bonds. The minimum atomic E-state index is -0.981. The molecule has 5 heteroatoms. The number of aliphatic hydroxyl groups is 1. The zero-order chi connectivity index (χ0) is 15.1. The van der Waals surface area contributed by atoms with Crippen LogP contribution in [0.4, 0.5) is 0 Å². The first-order valence-corrected chi connectivity index (χ1v) is 5.74. The third-order valence-corrected chi connectivity index (χ3v) is 1.71. The topological polar surface area (TPSA) is 94.8 Å². The molecule has 0 aliphatic heterocycles. The van der Waals surface area contributed by atoms with E-state index in [2.05, 4.69) is 13.5 Å². The van der Waals surface area contributed by atoms with Crippen LogP contribution in [0.1, 0.15) is 30.1 Å². The highest BCUT2D eigenvalue weighted by Gasteiger charge is 1.96. The second-order valence-corrected chi connectivity index (χ2v) is 3.29. The Morgan fingerprint density at radius 2 is 1.68 bits per heavy atom. The van der Waals surface area contributed by atoms with E-state index in [4.69, 9.17) is 15.3 Å². The predicted octanol–water partition coefficient (Wildman–Crippen LogP) is 2.42. The van der Waals surface area contributed by atoms with Crippen LogP contribution in [-0.2, 0) is 4.79 Å². The van der Waals surface area contributed by atoms with Gasteiger partial charge in [-0.3, -0.25) is 0 Å². The molecule has 0 aromatic heterocycles. The maximum absolute atomic E-state index is 10.2. The molecule has 1 rings (SSSR count). The second-order valence-electron chi connectivity index (χ2n) is 3.29. The fourth-order valence-electron chi connectivity index (χ4n) is 0.739. The van der Waals surface area contributed by atoms with E-state index in [0.29, 0.717) is 12.2 Å². The molecule has 0 fully saturated rings. The molecule has 0 radical (unpaired) electrons. The summed E-state index contributed by atoms with van der Waals surface area (Å²) in [6, 6.07) is 8.30. The van der Waals surface area contributed by atoms with Crippen molar-refractivity contribution in [2.24, 2.45) is 0 Å². The summed E-state index contributed by atoms with van der Waals surface area (Å²) in [7, 11) is 0. The summed E-state index contributed by atoms with van der Waals surface area (Å²) in [4.78, 5) is 19.5. The maximum Gasteiger partial charge on any atom is 0.335 e. The van der Waals surface area contributed by atoms with Gasteiger partial charge in [-0.25, -0.2) is 9.59 Å². The van der Waals surface area contributed by atoms with Crippen molar-refractivity contribution in [1.29, 1.82) is 0 Å². The molecular weight excluding hydrogens is 248 g/mol. The van der Waals surface area contributed by atoms with Gasteiger partial charge in [0.15, 0.2) is 0 Å². The quantitative estimate of drug-likeness (QED) is 0.729. The summed E-state index contributed by atoms with van der Waals surface area (Å²) in [5.74, 6) is -1.86. The van der Waals surface area contributed by atoms with Gasteiger partial charge in [-0.2, -0.15) is 0 Å². The third-order valence-electron chi connectivity index (χ3n) is 1.71. The summed E-state index contributed by atoms with van der Waals surface area (Å²) in [6.45, 7) is 5.36. The fraction of sp³-hybridized carbons (Fsp3) is 0.286. The van der Waals surface area contributed by atoms with Crippen LogP contribution in [0.25, 0.3) is 0 Å². The first-order valence-electron chi connectivity index (χ1n) is 5.74. The second kappa shape index (κ2) is 13.9. The zero-order valence-electron chi connectivity index (χ0n) is 11.0. The van der Waals surface area contributed by atoms with Crippen LogP contribution in [0.5, 0.6) is 0 Å². The van der Waals surface area contributed by atoms with E-state index in [9.17, 15) is 9.59 Å². The number of carboxylic acids is 2. The van der Waals surface area contributed by atoms with Crippen molar-refractivity contribution >= 4 is 11.9 Å². The fourth-order valence-corrected chi connectivity index (χ4v) is 0.739. The van der Waals surface area contributed by atoms with Crippen molar-refractivity contribution in [3.63, 3.8) is 0 Å². The third kappa shape index (κ3) is 15.9. The summed E-state index contributed by atoms with van der Waals surface area (Å²) in [5.41, 5.74) is 0.331. The molecule has 0 bridgehead atoms. The molecule has 3 N–H and O–H groups in total. The normalized spacial score (nSPS) is 8.11. The number of unbranched alkanes of at least 4 members (excludes halogenated alkanes) is 1. The van der Waals surface area contributed by atoms with E-state index >= 15 is 0 Å². The molecule has 19 heavy (non-hydrogen) atoms. The lowest BCUT2D eigenvalue weighted by molar-refractivity contribution is -0.131. The number of aliphatic hydroxyl groups excluding tert-OH is 1. The van der Waals surface area contributed by atoms with Gasteiger partial charge >= 0.3 is 11.9 Å². The van der Waals surface area contributed by atoms with E-state index in [1.807, 2.05) is 0 Å². The van der Waals surface area contributed by atoms with Gasteiger partial charge in [0.05, 0.1) is 5.56 Å². The lowest BCUT2D eigenvalue weighted by Gasteiger charge is -1.88. The molecule has 0 spiro atoms. The first kappa shape index (κ1) is 19.2. The molecule has 0 aliphatic carbocycles. The minimum Gasteiger partial charge on any atom is -0.478 e. The smallest absolute Gasteiger partial charge is 0.335 e. The Morgan fingerprint density at radius 1 is 1.21 bits per heavy atom. The number of carboxylic acid groups (broad SMARTS) is 2. The Morgan fingerprint density at radius 3 is 1.84 bits per heavy atom. The summed E-state index contributed by atoms with van der Waals surface area (Å²) < 4.78 is 0. The van der Waals surface area contributed by atoms with Crippen LogP contribution in [0, 0.1) is 0 Å². The molecule has 1 aromatic rings. The van der Waals surface area contributed by atoms with Crippen molar-refractivity contribution < 1.29 is 24.9 Å². The highest BCUT2D eigenvalue weighted by molar-refractivity contribution is 5.87. The summed E-state index contributed by atoms with van der Waals surface area (Å²) in [5, 5.41) is 24.1. The number of hydrogen-bond donors (Lipinski definition) is 3. The Labute approximate surface area is 112 Å². The molecular formula is C14H20O5. The Balaban J connectivity index is 0. The summed E-state index contributed by atoms with van der Waals surface area (Å²) >= 11 is 0. The predicted molar refractivity (Wildman–Crippen MR) is 73.2 cm³/mol. The van der Waals surface area contributed by atoms with Crippen LogP contribution in [0.15, 0.2) is 43.0 Å². The first-order chi connectivity index (χ1) is 8.99. The standard InChI is InChI=1S/C7H6O2.C4H10O.C3H4O2/c8-7(9)6-4-2-1-3-5-6;1-2-3-4-5;1-2-3(4)5/h1-5H,(H,8,9);5H,2-4H2,1H3;2H,1H2,(H,4,5). The van der Waals surface area contributed by atoms with Gasteiger partial charge in [0.25, 0.3) is 0 Å².